The second kappa shape index (κ2) is 11.0. The smallest absolute Gasteiger partial charge is 0.191 e. The molecule has 2 rings (SSSR count). The van der Waals surface area contributed by atoms with E-state index in [4.69, 9.17) is 4.99 Å². The van der Waals surface area contributed by atoms with Crippen LogP contribution in [-0.2, 0) is 9.84 Å². The van der Waals surface area contributed by atoms with Crippen molar-refractivity contribution in [3.8, 4) is 0 Å². The number of guanidine groups is 1. The van der Waals surface area contributed by atoms with E-state index in [9.17, 15) is 8.42 Å². The summed E-state index contributed by atoms with van der Waals surface area (Å²) in [7, 11) is -2.87. The Kier molecular flexibility index (Phi) is 10.2. The first-order valence-electron chi connectivity index (χ1n) is 9.75. The second-order valence-electron chi connectivity index (χ2n) is 8.10. The third-order valence-corrected chi connectivity index (χ3v) is 6.40. The molecular formula is C18H37IN4O2S. The van der Waals surface area contributed by atoms with E-state index in [2.05, 4.69) is 29.4 Å². The first-order chi connectivity index (χ1) is 11.8. The van der Waals surface area contributed by atoms with Crippen LogP contribution in [-0.4, -0.2) is 70.1 Å². The van der Waals surface area contributed by atoms with Crippen LogP contribution < -0.4 is 10.6 Å². The highest BCUT2D eigenvalue weighted by atomic mass is 127. The zero-order valence-electron chi connectivity index (χ0n) is 16.6. The van der Waals surface area contributed by atoms with Crippen LogP contribution in [0.2, 0.25) is 0 Å². The Labute approximate surface area is 176 Å². The molecular weight excluding hydrogens is 463 g/mol. The quantitative estimate of drug-likeness (QED) is 0.319. The van der Waals surface area contributed by atoms with E-state index in [-0.39, 0.29) is 29.7 Å². The molecule has 2 N–H and O–H groups in total. The zero-order chi connectivity index (χ0) is 18.3. The van der Waals surface area contributed by atoms with Crippen molar-refractivity contribution < 1.29 is 8.42 Å². The van der Waals surface area contributed by atoms with Crippen LogP contribution in [0.1, 0.15) is 52.4 Å². The predicted molar refractivity (Wildman–Crippen MR) is 120 cm³/mol. The van der Waals surface area contributed by atoms with E-state index in [0.29, 0.717) is 18.0 Å². The van der Waals surface area contributed by atoms with Gasteiger partial charge in [-0.05, 0) is 38.0 Å². The Morgan fingerprint density at radius 1 is 1.23 bits per heavy atom. The van der Waals surface area contributed by atoms with E-state index in [0.717, 1.165) is 45.0 Å². The summed E-state index contributed by atoms with van der Waals surface area (Å²) in [5.41, 5.74) is 0.372. The van der Waals surface area contributed by atoms with Gasteiger partial charge >= 0.3 is 0 Å². The van der Waals surface area contributed by atoms with Gasteiger partial charge in [0.05, 0.1) is 5.75 Å². The van der Waals surface area contributed by atoms with Gasteiger partial charge in [0.15, 0.2) is 5.96 Å². The molecule has 26 heavy (non-hydrogen) atoms. The van der Waals surface area contributed by atoms with Gasteiger partial charge in [0, 0.05) is 45.0 Å². The van der Waals surface area contributed by atoms with E-state index in [1.54, 1.807) is 0 Å². The van der Waals surface area contributed by atoms with Gasteiger partial charge in [-0.1, -0.05) is 19.8 Å². The number of nitrogens with one attached hydrogen (secondary N) is 2. The summed E-state index contributed by atoms with van der Waals surface area (Å²) in [5.74, 6) is 1.19. The lowest BCUT2D eigenvalue weighted by Gasteiger charge is -2.33. The van der Waals surface area contributed by atoms with E-state index in [1.165, 1.54) is 31.9 Å². The number of halogens is 1. The average molecular weight is 500 g/mol. The lowest BCUT2D eigenvalue weighted by Crippen LogP contribution is -2.49. The third-order valence-electron chi connectivity index (χ3n) is 5.48. The molecule has 1 heterocycles. The molecule has 0 radical (unpaired) electrons. The Morgan fingerprint density at radius 3 is 2.38 bits per heavy atom. The Morgan fingerprint density at radius 2 is 1.85 bits per heavy atom. The number of piperidine rings is 1. The van der Waals surface area contributed by atoms with Crippen molar-refractivity contribution in [1.82, 2.24) is 15.5 Å². The molecule has 0 bridgehead atoms. The molecule has 0 atom stereocenters. The number of nitrogens with zero attached hydrogens (tertiary/aromatic N) is 2. The van der Waals surface area contributed by atoms with Gasteiger partial charge in [-0.2, -0.15) is 0 Å². The molecule has 0 aromatic rings. The Bertz CT molecular complexity index is 539. The average Bonchev–Trinajstić information content (AvgIpc) is 2.99. The molecule has 6 nitrogen and oxygen atoms in total. The van der Waals surface area contributed by atoms with Crippen LogP contribution in [0.5, 0.6) is 0 Å². The number of sulfone groups is 1. The summed E-state index contributed by atoms with van der Waals surface area (Å²) in [6, 6.07) is 0.420. The zero-order valence-corrected chi connectivity index (χ0v) is 19.7. The summed E-state index contributed by atoms with van der Waals surface area (Å²) in [6.07, 6.45) is 8.62. The van der Waals surface area contributed by atoms with E-state index in [1.807, 2.05) is 0 Å². The SMILES string of the molecule is CCNC(=NCC1(C)CCCC1)NC1CCN(CCS(C)(=O)=O)CC1.I. The van der Waals surface area contributed by atoms with Crippen molar-refractivity contribution in [3.05, 3.63) is 0 Å². The molecule has 0 unspecified atom stereocenters. The summed E-state index contributed by atoms with van der Waals surface area (Å²) in [6.45, 7) is 8.77. The summed E-state index contributed by atoms with van der Waals surface area (Å²) in [5, 5.41) is 6.96. The van der Waals surface area contributed by atoms with Crippen molar-refractivity contribution in [2.75, 3.05) is 44.7 Å². The lowest BCUT2D eigenvalue weighted by molar-refractivity contribution is 0.216. The maximum absolute atomic E-state index is 11.3. The fraction of sp³-hybridized carbons (Fsp3) is 0.944. The van der Waals surface area contributed by atoms with Crippen molar-refractivity contribution in [3.63, 3.8) is 0 Å². The molecule has 0 spiro atoms. The minimum absolute atomic E-state index is 0. The topological polar surface area (TPSA) is 73.8 Å². The van der Waals surface area contributed by atoms with E-state index < -0.39 is 9.84 Å². The fourth-order valence-corrected chi connectivity index (χ4v) is 4.36. The highest BCUT2D eigenvalue weighted by Crippen LogP contribution is 2.37. The minimum Gasteiger partial charge on any atom is -0.357 e. The summed E-state index contributed by atoms with van der Waals surface area (Å²) >= 11 is 0. The van der Waals surface area contributed by atoms with Crippen LogP contribution in [0.4, 0.5) is 0 Å². The maximum Gasteiger partial charge on any atom is 0.191 e. The molecule has 1 aliphatic heterocycles. The number of rotatable bonds is 7. The summed E-state index contributed by atoms with van der Waals surface area (Å²) in [4.78, 5) is 7.10. The normalized spacial score (nSPS) is 22.0. The lowest BCUT2D eigenvalue weighted by atomic mass is 9.89. The van der Waals surface area contributed by atoms with Gasteiger partial charge in [-0.3, -0.25) is 4.99 Å². The van der Waals surface area contributed by atoms with Crippen molar-refractivity contribution in [2.45, 2.75) is 58.4 Å². The molecule has 0 aromatic carbocycles. The van der Waals surface area contributed by atoms with Gasteiger partial charge in [-0.15, -0.1) is 24.0 Å². The molecule has 154 valence electrons. The maximum atomic E-state index is 11.3. The van der Waals surface area contributed by atoms with Crippen molar-refractivity contribution >= 4 is 39.8 Å². The van der Waals surface area contributed by atoms with Crippen molar-refractivity contribution in [2.24, 2.45) is 10.4 Å². The van der Waals surface area contributed by atoms with Crippen molar-refractivity contribution in [1.29, 1.82) is 0 Å². The first kappa shape index (κ1) is 23.9. The van der Waals surface area contributed by atoms with Crippen LogP contribution >= 0.6 is 24.0 Å². The monoisotopic (exact) mass is 500 g/mol. The number of aliphatic imine (C=N–C) groups is 1. The second-order valence-corrected chi connectivity index (χ2v) is 10.4. The highest BCUT2D eigenvalue weighted by Gasteiger charge is 2.28. The van der Waals surface area contributed by atoms with Crippen LogP contribution in [0.3, 0.4) is 0 Å². The van der Waals surface area contributed by atoms with E-state index >= 15 is 0 Å². The van der Waals surface area contributed by atoms with Crippen LogP contribution in [0.25, 0.3) is 0 Å². The van der Waals surface area contributed by atoms with Gasteiger partial charge in [0.25, 0.3) is 0 Å². The highest BCUT2D eigenvalue weighted by molar-refractivity contribution is 14.0. The predicted octanol–water partition coefficient (Wildman–Crippen LogP) is 2.25. The molecule has 1 saturated carbocycles. The number of likely N-dealkylation sites (tertiary alicyclic amines) is 1. The molecule has 0 amide bonds. The van der Waals surface area contributed by atoms with Gasteiger partial charge in [0.2, 0.25) is 0 Å². The Balaban J connectivity index is 0.00000338. The summed E-state index contributed by atoms with van der Waals surface area (Å²) < 4.78 is 22.6. The van der Waals surface area contributed by atoms with Gasteiger partial charge < -0.3 is 15.5 Å². The number of hydrogen-bond acceptors (Lipinski definition) is 4. The largest absolute Gasteiger partial charge is 0.357 e. The Hall–Kier alpha value is -0.0900. The van der Waals surface area contributed by atoms with Gasteiger partial charge in [-0.25, -0.2) is 8.42 Å². The first-order valence-corrected chi connectivity index (χ1v) is 11.8. The molecule has 2 fully saturated rings. The molecule has 0 aromatic heterocycles. The minimum atomic E-state index is -2.87. The standard InChI is InChI=1S/C18H36N4O2S.HI/c1-4-19-17(20-15-18(2)9-5-6-10-18)21-16-7-11-22(12-8-16)13-14-25(3,23)24;/h16H,4-15H2,1-3H3,(H2,19,20,21);1H. The van der Waals surface area contributed by atoms with Crippen LogP contribution in [0, 0.1) is 5.41 Å². The van der Waals surface area contributed by atoms with Crippen LogP contribution in [0.15, 0.2) is 4.99 Å². The third kappa shape index (κ3) is 8.73. The molecule has 1 aliphatic carbocycles. The molecule has 8 heteroatoms. The molecule has 2 aliphatic rings. The fourth-order valence-electron chi connectivity index (χ4n) is 3.77. The number of hydrogen-bond donors (Lipinski definition) is 2. The molecule has 1 saturated heterocycles. The van der Waals surface area contributed by atoms with Gasteiger partial charge in [0.1, 0.15) is 9.84 Å².